The number of rotatable bonds is 4. The molecule has 14 heavy (non-hydrogen) atoms. The Balaban J connectivity index is 4.78. The molecule has 0 saturated heterocycles. The van der Waals surface area contributed by atoms with Crippen LogP contribution in [0.2, 0.25) is 0 Å². The summed E-state index contributed by atoms with van der Waals surface area (Å²) in [5, 5.41) is 0. The summed E-state index contributed by atoms with van der Waals surface area (Å²) < 4.78 is 0. The van der Waals surface area contributed by atoms with Crippen molar-refractivity contribution in [1.82, 2.24) is 0 Å². The predicted molar refractivity (Wildman–Crippen MR) is 62.7 cm³/mol. The molecule has 0 saturated carbocycles. The summed E-state index contributed by atoms with van der Waals surface area (Å²) in [4.78, 5) is 0. The maximum Gasteiger partial charge on any atom is 0.0179 e. The lowest BCUT2D eigenvalue weighted by molar-refractivity contribution is 0.325. The molecule has 0 aliphatic heterocycles. The van der Waals surface area contributed by atoms with Crippen molar-refractivity contribution in [2.45, 2.75) is 64.6 Å². The smallest absolute Gasteiger partial charge is 0.0179 e. The molecule has 0 aliphatic carbocycles. The van der Waals surface area contributed by atoms with Gasteiger partial charge in [-0.05, 0) is 48.0 Å². The Morgan fingerprint density at radius 3 is 1.14 bits per heavy atom. The van der Waals surface area contributed by atoms with E-state index in [0.29, 0.717) is 0 Å². The molecular weight excluding hydrogens is 174 g/mol. The average Bonchev–Trinajstić information content (AvgIpc) is 1.75. The molecule has 0 spiro atoms. The van der Waals surface area contributed by atoms with Crippen molar-refractivity contribution < 1.29 is 0 Å². The molecule has 0 amide bonds. The number of hydrogen-bond acceptors (Lipinski definition) is 3. The normalized spacial score (nSPS) is 15.0. The van der Waals surface area contributed by atoms with E-state index in [1.807, 2.05) is 41.5 Å². The summed E-state index contributed by atoms with van der Waals surface area (Å²) >= 11 is 0. The molecule has 0 aromatic carbocycles. The van der Waals surface area contributed by atoms with Crippen LogP contribution in [0.1, 0.15) is 48.0 Å². The molecule has 0 unspecified atom stereocenters. The van der Waals surface area contributed by atoms with Gasteiger partial charge in [0, 0.05) is 22.5 Å². The van der Waals surface area contributed by atoms with E-state index in [2.05, 4.69) is 0 Å². The first kappa shape index (κ1) is 13.9. The van der Waals surface area contributed by atoms with Gasteiger partial charge in [0.05, 0.1) is 0 Å². The summed E-state index contributed by atoms with van der Waals surface area (Å²) in [7, 11) is 0. The fourth-order valence-corrected chi connectivity index (χ4v) is 1.74. The fraction of sp³-hybridized carbons (Fsp3) is 0.909. The van der Waals surface area contributed by atoms with Crippen LogP contribution in [0.15, 0.2) is 0 Å². The van der Waals surface area contributed by atoms with Gasteiger partial charge in [-0.1, -0.05) is 0 Å². The Hall–Kier alpha value is -0.120. The van der Waals surface area contributed by atoms with Crippen LogP contribution in [0, 0.1) is 5.92 Å². The first-order valence-corrected chi connectivity index (χ1v) is 5.07. The number of nitrogens with two attached hydrogens (primary N) is 3. The molecule has 0 aliphatic rings. The minimum atomic E-state index is -0.380. The third-order valence-electron chi connectivity index (χ3n) is 2.19. The van der Waals surface area contributed by atoms with Crippen LogP contribution in [0.5, 0.6) is 0 Å². The third kappa shape index (κ3) is 4.94. The topological polar surface area (TPSA) is 78.1 Å². The van der Waals surface area contributed by atoms with Gasteiger partial charge < -0.3 is 17.2 Å². The molecule has 3 nitrogen and oxygen atoms in total. The third-order valence-corrected chi connectivity index (χ3v) is 2.19. The lowest BCUT2D eigenvalue weighted by atomic mass is 9.70. The minimum Gasteiger partial charge on any atom is -0.326 e. The van der Waals surface area contributed by atoms with Gasteiger partial charge in [-0.2, -0.15) is 0 Å². The van der Waals surface area contributed by atoms with Gasteiger partial charge in [-0.3, -0.25) is 0 Å². The van der Waals surface area contributed by atoms with Crippen molar-refractivity contribution in [1.29, 1.82) is 0 Å². The van der Waals surface area contributed by atoms with Gasteiger partial charge >= 0.3 is 0 Å². The second kappa shape index (κ2) is 3.80. The molecule has 0 bridgehead atoms. The molecule has 6 N–H and O–H groups in total. The predicted octanol–water partition coefficient (Wildman–Crippen LogP) is 1.16. The first-order chi connectivity index (χ1) is 5.84. The highest BCUT2D eigenvalue weighted by atomic mass is 14.8. The molecule has 0 aromatic heterocycles. The zero-order chi connectivity index (χ0) is 11.8. The highest BCUT2D eigenvalue weighted by molar-refractivity contribution is 5.20. The molecule has 0 fully saturated rings. The van der Waals surface area contributed by atoms with Crippen molar-refractivity contribution in [3.05, 3.63) is 5.92 Å². The van der Waals surface area contributed by atoms with E-state index in [1.54, 1.807) is 0 Å². The Morgan fingerprint density at radius 1 is 0.786 bits per heavy atom. The molecule has 0 aromatic rings. The van der Waals surface area contributed by atoms with Gasteiger partial charge in [-0.15, -0.1) is 0 Å². The molecule has 0 heterocycles. The Kier molecular flexibility index (Phi) is 3.76. The number of hydrogen-bond donors (Lipinski definition) is 3. The average molecular weight is 200 g/mol. The molecular formula is C11H26N3. The SMILES string of the molecule is CC(C)(N)C[C](C(C)(C)N)C(C)(C)N. The minimum absolute atomic E-state index is 0.261. The highest BCUT2D eigenvalue weighted by Gasteiger charge is 2.39. The second-order valence-electron chi connectivity index (χ2n) is 6.09. The highest BCUT2D eigenvalue weighted by Crippen LogP contribution is 2.33. The van der Waals surface area contributed by atoms with Gasteiger partial charge in [0.15, 0.2) is 0 Å². The first-order valence-electron chi connectivity index (χ1n) is 5.07. The van der Waals surface area contributed by atoms with E-state index in [0.717, 1.165) is 12.3 Å². The van der Waals surface area contributed by atoms with Gasteiger partial charge in [0.2, 0.25) is 0 Å². The second-order valence-corrected chi connectivity index (χ2v) is 6.09. The lowest BCUT2D eigenvalue weighted by Crippen LogP contribution is -2.56. The van der Waals surface area contributed by atoms with Crippen LogP contribution in [-0.2, 0) is 0 Å². The van der Waals surface area contributed by atoms with Gasteiger partial charge in [-0.25, -0.2) is 0 Å². The standard InChI is InChI=1S/C11H26N3/c1-9(2,12)7-8(10(3,4)13)11(5,6)14/h7,12-14H2,1-6H3. The summed E-state index contributed by atoms with van der Waals surface area (Å²) in [5.74, 6) is 1.11. The Labute approximate surface area is 88.4 Å². The molecule has 85 valence electrons. The van der Waals surface area contributed by atoms with Crippen molar-refractivity contribution in [2.24, 2.45) is 17.2 Å². The quantitative estimate of drug-likeness (QED) is 0.637. The van der Waals surface area contributed by atoms with Crippen molar-refractivity contribution in [3.63, 3.8) is 0 Å². The van der Waals surface area contributed by atoms with Gasteiger partial charge in [0.1, 0.15) is 0 Å². The Morgan fingerprint density at radius 2 is 1.07 bits per heavy atom. The van der Waals surface area contributed by atoms with E-state index >= 15 is 0 Å². The monoisotopic (exact) mass is 200 g/mol. The van der Waals surface area contributed by atoms with Crippen molar-refractivity contribution in [2.75, 3.05) is 0 Å². The maximum atomic E-state index is 6.10. The zero-order valence-electron chi connectivity index (χ0n) is 10.4. The van der Waals surface area contributed by atoms with E-state index in [4.69, 9.17) is 17.2 Å². The summed E-state index contributed by atoms with van der Waals surface area (Å²) in [6.07, 6.45) is 0.750. The Bertz CT molecular complexity index is 164. The fourth-order valence-electron chi connectivity index (χ4n) is 1.74. The van der Waals surface area contributed by atoms with E-state index < -0.39 is 0 Å². The van der Waals surface area contributed by atoms with Crippen LogP contribution in [0.4, 0.5) is 0 Å². The lowest BCUT2D eigenvalue weighted by Gasteiger charge is -2.42. The van der Waals surface area contributed by atoms with Crippen LogP contribution >= 0.6 is 0 Å². The summed E-state index contributed by atoms with van der Waals surface area (Å²) in [6.45, 7) is 11.9. The van der Waals surface area contributed by atoms with E-state index in [9.17, 15) is 0 Å². The molecule has 0 atom stereocenters. The largest absolute Gasteiger partial charge is 0.326 e. The summed E-state index contributed by atoms with van der Waals surface area (Å²) in [6, 6.07) is 0. The van der Waals surface area contributed by atoms with Crippen LogP contribution in [-0.4, -0.2) is 16.6 Å². The van der Waals surface area contributed by atoms with Crippen LogP contribution in [0.3, 0.4) is 0 Å². The van der Waals surface area contributed by atoms with E-state index in [1.165, 1.54) is 0 Å². The maximum absolute atomic E-state index is 6.10. The summed E-state index contributed by atoms with van der Waals surface area (Å²) in [5.41, 5.74) is 17.2. The van der Waals surface area contributed by atoms with Crippen LogP contribution < -0.4 is 17.2 Å². The molecule has 0 rings (SSSR count). The molecule has 3 heteroatoms. The van der Waals surface area contributed by atoms with Crippen LogP contribution in [0.25, 0.3) is 0 Å². The molecule has 1 radical (unpaired) electrons. The van der Waals surface area contributed by atoms with Crippen molar-refractivity contribution >= 4 is 0 Å². The van der Waals surface area contributed by atoms with E-state index in [-0.39, 0.29) is 16.6 Å². The van der Waals surface area contributed by atoms with Crippen molar-refractivity contribution in [3.8, 4) is 0 Å². The van der Waals surface area contributed by atoms with Gasteiger partial charge in [0.25, 0.3) is 0 Å². The zero-order valence-corrected chi connectivity index (χ0v) is 10.4.